The molecule has 2 N–H and O–H groups in total. The van der Waals surface area contributed by atoms with Crippen molar-refractivity contribution in [1.29, 1.82) is 0 Å². The molecule has 0 aliphatic carbocycles. The van der Waals surface area contributed by atoms with Crippen molar-refractivity contribution in [2.75, 3.05) is 33.2 Å². The second kappa shape index (κ2) is 5.01. The van der Waals surface area contributed by atoms with Gasteiger partial charge in [0.15, 0.2) is 0 Å². The number of ether oxygens (including phenoxy) is 1. The number of nitrogens with zero attached hydrogens (tertiary/aromatic N) is 2. The van der Waals surface area contributed by atoms with E-state index in [1.165, 1.54) is 0 Å². The normalized spacial score (nSPS) is 29.9. The van der Waals surface area contributed by atoms with Gasteiger partial charge in [0, 0.05) is 26.7 Å². The maximum absolute atomic E-state index is 12.1. The maximum Gasteiger partial charge on any atom is 0.252 e. The first-order valence-corrected chi connectivity index (χ1v) is 6.00. The standard InChI is InChI=1S/C11H19N3O3/c1-13-4-5-14(7-10(13)15)11(16)9-3-2-8(6-12)17-9/h8-9H,2-7,12H2,1H3. The lowest BCUT2D eigenvalue weighted by Crippen LogP contribution is -2.53. The molecule has 0 bridgehead atoms. The second-order valence-electron chi connectivity index (χ2n) is 4.63. The number of hydrogen-bond acceptors (Lipinski definition) is 4. The molecule has 2 amide bonds. The highest BCUT2D eigenvalue weighted by Gasteiger charge is 2.35. The van der Waals surface area contributed by atoms with Crippen LogP contribution in [0.4, 0.5) is 0 Å². The Labute approximate surface area is 101 Å². The maximum atomic E-state index is 12.1. The average molecular weight is 241 g/mol. The van der Waals surface area contributed by atoms with E-state index in [1.54, 1.807) is 16.8 Å². The van der Waals surface area contributed by atoms with E-state index in [2.05, 4.69) is 0 Å². The number of carbonyl (C=O) groups excluding carboxylic acids is 2. The minimum Gasteiger partial charge on any atom is -0.364 e. The Morgan fingerprint density at radius 2 is 2.24 bits per heavy atom. The summed E-state index contributed by atoms with van der Waals surface area (Å²) in [6, 6.07) is 0. The number of likely N-dealkylation sites (N-methyl/N-ethyl adjacent to an activating group) is 1. The van der Waals surface area contributed by atoms with Crippen LogP contribution in [0, 0.1) is 0 Å². The van der Waals surface area contributed by atoms with Gasteiger partial charge in [0.05, 0.1) is 12.6 Å². The third-order valence-electron chi connectivity index (χ3n) is 3.41. The van der Waals surface area contributed by atoms with Crippen LogP contribution >= 0.6 is 0 Å². The number of rotatable bonds is 2. The fourth-order valence-electron chi connectivity index (χ4n) is 2.21. The van der Waals surface area contributed by atoms with Crippen LogP contribution in [0.1, 0.15) is 12.8 Å². The minimum atomic E-state index is -0.403. The Hall–Kier alpha value is -1.14. The Bertz CT molecular complexity index is 321. The number of piperazine rings is 1. The molecule has 17 heavy (non-hydrogen) atoms. The van der Waals surface area contributed by atoms with Gasteiger partial charge in [-0.05, 0) is 12.8 Å². The zero-order valence-electron chi connectivity index (χ0n) is 10.1. The molecule has 6 heteroatoms. The zero-order chi connectivity index (χ0) is 12.4. The highest BCUT2D eigenvalue weighted by molar-refractivity contribution is 5.88. The van der Waals surface area contributed by atoms with Crippen LogP contribution in [-0.4, -0.2) is 67.0 Å². The van der Waals surface area contributed by atoms with Crippen molar-refractivity contribution in [2.24, 2.45) is 5.73 Å². The molecule has 2 aliphatic heterocycles. The van der Waals surface area contributed by atoms with Gasteiger partial charge in [-0.15, -0.1) is 0 Å². The van der Waals surface area contributed by atoms with E-state index in [4.69, 9.17) is 10.5 Å². The lowest BCUT2D eigenvalue weighted by atomic mass is 10.1. The smallest absolute Gasteiger partial charge is 0.252 e. The van der Waals surface area contributed by atoms with Crippen LogP contribution in [0.2, 0.25) is 0 Å². The van der Waals surface area contributed by atoms with Crippen molar-refractivity contribution in [3.63, 3.8) is 0 Å². The van der Waals surface area contributed by atoms with Gasteiger partial charge in [-0.25, -0.2) is 0 Å². The topological polar surface area (TPSA) is 75.9 Å². The van der Waals surface area contributed by atoms with Crippen molar-refractivity contribution in [1.82, 2.24) is 9.80 Å². The third kappa shape index (κ3) is 2.58. The van der Waals surface area contributed by atoms with Gasteiger partial charge < -0.3 is 20.3 Å². The molecule has 2 unspecified atom stereocenters. The summed E-state index contributed by atoms with van der Waals surface area (Å²) in [6.07, 6.45) is 1.13. The Morgan fingerprint density at radius 3 is 2.82 bits per heavy atom. The third-order valence-corrected chi connectivity index (χ3v) is 3.41. The van der Waals surface area contributed by atoms with Gasteiger partial charge in [-0.2, -0.15) is 0 Å². The van der Waals surface area contributed by atoms with Crippen LogP contribution in [0.25, 0.3) is 0 Å². The van der Waals surface area contributed by atoms with Gasteiger partial charge in [0.2, 0.25) is 5.91 Å². The lowest BCUT2D eigenvalue weighted by molar-refractivity contribution is -0.151. The molecule has 0 spiro atoms. The van der Waals surface area contributed by atoms with Crippen LogP contribution in [0.5, 0.6) is 0 Å². The highest BCUT2D eigenvalue weighted by Crippen LogP contribution is 2.21. The van der Waals surface area contributed by atoms with Gasteiger partial charge in [-0.1, -0.05) is 0 Å². The highest BCUT2D eigenvalue weighted by atomic mass is 16.5. The molecule has 6 nitrogen and oxygen atoms in total. The molecular weight excluding hydrogens is 222 g/mol. The number of amides is 2. The summed E-state index contributed by atoms with van der Waals surface area (Å²) in [5.74, 6) is -0.0830. The predicted molar refractivity (Wildman–Crippen MR) is 61.2 cm³/mol. The van der Waals surface area contributed by atoms with Gasteiger partial charge in [0.1, 0.15) is 6.10 Å². The summed E-state index contributed by atoms with van der Waals surface area (Å²) in [5.41, 5.74) is 5.50. The number of carbonyl (C=O) groups is 2. The van der Waals surface area contributed by atoms with E-state index in [1.807, 2.05) is 0 Å². The number of hydrogen-bond donors (Lipinski definition) is 1. The van der Waals surface area contributed by atoms with Gasteiger partial charge in [-0.3, -0.25) is 9.59 Å². The van der Waals surface area contributed by atoms with Crippen molar-refractivity contribution in [3.8, 4) is 0 Å². The SMILES string of the molecule is CN1CCN(C(=O)C2CCC(CN)O2)CC1=O. The molecule has 96 valence electrons. The van der Waals surface area contributed by atoms with Crippen LogP contribution in [0.15, 0.2) is 0 Å². The first kappa shape index (κ1) is 12.3. The van der Waals surface area contributed by atoms with E-state index < -0.39 is 6.10 Å². The summed E-state index contributed by atoms with van der Waals surface area (Å²) in [6.45, 7) is 1.81. The fraction of sp³-hybridized carbons (Fsp3) is 0.818. The van der Waals surface area contributed by atoms with Gasteiger partial charge >= 0.3 is 0 Å². The van der Waals surface area contributed by atoms with E-state index in [0.717, 1.165) is 6.42 Å². The zero-order valence-corrected chi connectivity index (χ0v) is 10.1. The van der Waals surface area contributed by atoms with Crippen molar-refractivity contribution in [2.45, 2.75) is 25.0 Å². The fourth-order valence-corrected chi connectivity index (χ4v) is 2.21. The van der Waals surface area contributed by atoms with Crippen molar-refractivity contribution < 1.29 is 14.3 Å². The lowest BCUT2D eigenvalue weighted by Gasteiger charge is -2.33. The summed E-state index contributed by atoms with van der Waals surface area (Å²) >= 11 is 0. The first-order valence-electron chi connectivity index (χ1n) is 6.00. The second-order valence-corrected chi connectivity index (χ2v) is 4.63. The molecule has 0 saturated carbocycles. The summed E-state index contributed by atoms with van der Waals surface area (Å²) < 4.78 is 5.55. The van der Waals surface area contributed by atoms with Crippen LogP contribution < -0.4 is 5.73 Å². The Balaban J connectivity index is 1.90. The van der Waals surface area contributed by atoms with Crippen LogP contribution in [0.3, 0.4) is 0 Å². The minimum absolute atomic E-state index is 0.00730. The first-order chi connectivity index (χ1) is 8.11. The monoisotopic (exact) mass is 241 g/mol. The molecule has 2 fully saturated rings. The van der Waals surface area contributed by atoms with E-state index in [0.29, 0.717) is 26.1 Å². The van der Waals surface area contributed by atoms with Crippen LogP contribution in [-0.2, 0) is 14.3 Å². The Morgan fingerprint density at radius 1 is 1.47 bits per heavy atom. The summed E-state index contributed by atoms with van der Waals surface area (Å²) in [7, 11) is 1.75. The number of nitrogens with two attached hydrogens (primary N) is 1. The molecule has 0 aromatic heterocycles. The largest absolute Gasteiger partial charge is 0.364 e. The average Bonchev–Trinajstić information content (AvgIpc) is 2.80. The van der Waals surface area contributed by atoms with Crippen molar-refractivity contribution in [3.05, 3.63) is 0 Å². The Kier molecular flexibility index (Phi) is 3.63. The van der Waals surface area contributed by atoms with E-state index >= 15 is 0 Å². The van der Waals surface area contributed by atoms with E-state index in [9.17, 15) is 9.59 Å². The van der Waals surface area contributed by atoms with Gasteiger partial charge in [0.25, 0.3) is 5.91 Å². The molecule has 0 aromatic rings. The quantitative estimate of drug-likeness (QED) is 0.658. The molecule has 0 aromatic carbocycles. The molecule has 2 heterocycles. The molecular formula is C11H19N3O3. The van der Waals surface area contributed by atoms with Crippen molar-refractivity contribution >= 4 is 11.8 Å². The molecule has 2 saturated heterocycles. The summed E-state index contributed by atoms with van der Waals surface area (Å²) in [4.78, 5) is 26.8. The molecule has 2 atom stereocenters. The van der Waals surface area contributed by atoms with E-state index in [-0.39, 0.29) is 24.5 Å². The molecule has 2 aliphatic rings. The summed E-state index contributed by atoms with van der Waals surface area (Å²) in [5, 5.41) is 0. The molecule has 0 radical (unpaired) electrons. The molecule has 2 rings (SSSR count). The predicted octanol–water partition coefficient (Wildman–Crippen LogP) is -1.21.